The highest BCUT2D eigenvalue weighted by Crippen LogP contribution is 2.29. The molecule has 0 aliphatic rings. The van der Waals surface area contributed by atoms with Crippen LogP contribution < -0.4 is 10.4 Å². The van der Waals surface area contributed by atoms with Crippen LogP contribution in [0.4, 0.5) is 13.2 Å². The van der Waals surface area contributed by atoms with Crippen LogP contribution in [0.3, 0.4) is 0 Å². The summed E-state index contributed by atoms with van der Waals surface area (Å²) in [6.07, 6.45) is -4.36. The minimum atomic E-state index is -4.36. The first-order chi connectivity index (χ1) is 13.8. The van der Waals surface area contributed by atoms with E-state index in [4.69, 9.17) is 9.57 Å². The van der Waals surface area contributed by atoms with E-state index < -0.39 is 17.4 Å². The molecule has 3 rings (SSSR count). The Balaban J connectivity index is 1.52. The summed E-state index contributed by atoms with van der Waals surface area (Å²) in [4.78, 5) is 18.7. The Bertz CT molecular complexity index is 1020. The molecule has 0 spiro atoms. The van der Waals surface area contributed by atoms with Crippen molar-refractivity contribution in [2.24, 2.45) is 5.16 Å². The van der Waals surface area contributed by atoms with E-state index in [9.17, 15) is 18.0 Å². The molecule has 0 unspecified atom stereocenters. The third-order valence-electron chi connectivity index (χ3n) is 3.91. The number of nitrogens with one attached hydrogen (secondary N) is 2. The average Bonchev–Trinajstić information content (AvgIpc) is 3.11. The number of alkyl halides is 3. The number of rotatable bonds is 7. The van der Waals surface area contributed by atoms with Gasteiger partial charge in [-0.3, -0.25) is 4.98 Å². The van der Waals surface area contributed by atoms with Gasteiger partial charge in [0.05, 0.1) is 11.3 Å². The Morgan fingerprint density at radius 1 is 1.07 bits per heavy atom. The highest BCUT2D eigenvalue weighted by molar-refractivity contribution is 5.98. The highest BCUT2D eigenvalue weighted by Gasteiger charge is 2.29. The van der Waals surface area contributed by atoms with E-state index in [2.05, 4.69) is 20.3 Å². The molecule has 0 aliphatic heterocycles. The molecule has 7 nitrogen and oxygen atoms in total. The lowest BCUT2D eigenvalue weighted by Gasteiger charge is -2.08. The van der Waals surface area contributed by atoms with Gasteiger partial charge in [0.2, 0.25) is 0 Å². The van der Waals surface area contributed by atoms with Crippen molar-refractivity contribution >= 4 is 5.71 Å². The van der Waals surface area contributed by atoms with E-state index in [0.717, 1.165) is 17.7 Å². The smallest absolute Gasteiger partial charge is 0.416 e. The van der Waals surface area contributed by atoms with E-state index in [0.29, 0.717) is 22.8 Å². The summed E-state index contributed by atoms with van der Waals surface area (Å²) >= 11 is 0. The van der Waals surface area contributed by atoms with Crippen molar-refractivity contribution in [3.8, 4) is 5.75 Å². The summed E-state index contributed by atoms with van der Waals surface area (Å²) in [5.41, 5.74) is 0.858. The van der Waals surface area contributed by atoms with Crippen LogP contribution in [0.1, 0.15) is 29.4 Å². The number of nitrogens with zero attached hydrogens (tertiary/aromatic N) is 2. The Kier molecular flexibility index (Phi) is 6.01. The minimum Gasteiger partial charge on any atom is -0.486 e. The Morgan fingerprint density at radius 3 is 2.34 bits per heavy atom. The maximum absolute atomic E-state index is 12.5. The highest BCUT2D eigenvalue weighted by atomic mass is 19.4. The van der Waals surface area contributed by atoms with Crippen LogP contribution in [0, 0.1) is 0 Å². The third kappa shape index (κ3) is 5.71. The second-order valence-corrected chi connectivity index (χ2v) is 6.08. The molecule has 0 saturated heterocycles. The molecular formula is C19H17F3N4O3. The molecule has 0 fully saturated rings. The molecule has 1 aromatic heterocycles. The van der Waals surface area contributed by atoms with E-state index in [1.54, 1.807) is 31.2 Å². The molecule has 1 heterocycles. The van der Waals surface area contributed by atoms with Crippen molar-refractivity contribution < 1.29 is 22.7 Å². The first kappa shape index (κ1) is 20.2. The zero-order valence-electron chi connectivity index (χ0n) is 15.3. The molecule has 2 aromatic carbocycles. The fourth-order valence-electron chi connectivity index (χ4n) is 2.36. The van der Waals surface area contributed by atoms with Gasteiger partial charge in [0.15, 0.2) is 5.82 Å². The molecule has 2 N–H and O–H groups in total. The topological polar surface area (TPSA) is 92.4 Å². The number of oxime groups is 1. The Morgan fingerprint density at radius 2 is 1.76 bits per heavy atom. The fraction of sp³-hybridized carbons (Fsp3) is 0.211. The summed E-state index contributed by atoms with van der Waals surface area (Å²) in [5, 5.41) is 9.98. The van der Waals surface area contributed by atoms with Crippen LogP contribution in [0.5, 0.6) is 5.75 Å². The van der Waals surface area contributed by atoms with Gasteiger partial charge in [-0.1, -0.05) is 17.3 Å². The molecule has 10 heteroatoms. The van der Waals surface area contributed by atoms with E-state index in [-0.39, 0.29) is 13.2 Å². The van der Waals surface area contributed by atoms with E-state index >= 15 is 0 Å². The number of benzene rings is 2. The van der Waals surface area contributed by atoms with E-state index in [1.807, 2.05) is 0 Å². The third-order valence-corrected chi connectivity index (χ3v) is 3.91. The maximum atomic E-state index is 12.5. The maximum Gasteiger partial charge on any atom is 0.416 e. The van der Waals surface area contributed by atoms with Gasteiger partial charge in [-0.2, -0.15) is 18.3 Å². The summed E-state index contributed by atoms with van der Waals surface area (Å²) in [7, 11) is 0. The van der Waals surface area contributed by atoms with Gasteiger partial charge >= 0.3 is 11.9 Å². The van der Waals surface area contributed by atoms with Crippen molar-refractivity contribution in [2.45, 2.75) is 26.3 Å². The number of aromatic nitrogens is 3. The predicted molar refractivity (Wildman–Crippen MR) is 98.4 cm³/mol. The largest absolute Gasteiger partial charge is 0.486 e. The molecule has 0 bridgehead atoms. The number of halogens is 3. The summed E-state index contributed by atoms with van der Waals surface area (Å²) < 4.78 is 43.2. The van der Waals surface area contributed by atoms with Gasteiger partial charge in [-0.25, -0.2) is 9.89 Å². The van der Waals surface area contributed by atoms with Crippen molar-refractivity contribution in [3.63, 3.8) is 0 Å². The number of aromatic amines is 2. The van der Waals surface area contributed by atoms with Crippen molar-refractivity contribution in [2.75, 3.05) is 0 Å². The molecule has 3 aromatic rings. The van der Waals surface area contributed by atoms with Gasteiger partial charge in [-0.15, -0.1) is 0 Å². The summed E-state index contributed by atoms with van der Waals surface area (Å²) in [5.74, 6) is 0.963. The second kappa shape index (κ2) is 8.63. The second-order valence-electron chi connectivity index (χ2n) is 6.08. The van der Waals surface area contributed by atoms with Crippen LogP contribution in [0.15, 0.2) is 58.5 Å². The molecular weight excluding hydrogens is 389 g/mol. The normalized spacial score (nSPS) is 12.1. The molecule has 152 valence electrons. The number of hydrogen-bond acceptors (Lipinski definition) is 5. The monoisotopic (exact) mass is 406 g/mol. The number of H-pyrrole nitrogens is 2. The zero-order chi connectivity index (χ0) is 20.9. The van der Waals surface area contributed by atoms with Crippen LogP contribution >= 0.6 is 0 Å². The molecule has 0 aliphatic carbocycles. The first-order valence-electron chi connectivity index (χ1n) is 8.51. The van der Waals surface area contributed by atoms with Crippen LogP contribution in [-0.2, 0) is 24.2 Å². The molecule has 0 saturated carbocycles. The standard InChI is InChI=1S/C19H17F3N4O3/c1-12(26-29-10-13-2-6-15(7-3-13)19(20,21)22)14-4-8-16(9-5-14)28-11-17-23-18(27)25-24-17/h2-9H,10-11H2,1H3,(H2,23,24,25,27). The average molecular weight is 406 g/mol. The SMILES string of the molecule is CC(=NOCc1ccc(C(F)(F)F)cc1)c1ccc(OCc2n[nH]c(=O)[nH]2)cc1. The molecule has 0 atom stereocenters. The van der Waals surface area contributed by atoms with Gasteiger partial charge in [0.25, 0.3) is 0 Å². The molecule has 0 radical (unpaired) electrons. The lowest BCUT2D eigenvalue weighted by Crippen LogP contribution is -2.04. The Labute approximate surface area is 163 Å². The number of ether oxygens (including phenoxy) is 1. The lowest BCUT2D eigenvalue weighted by atomic mass is 10.1. The first-order valence-corrected chi connectivity index (χ1v) is 8.51. The van der Waals surface area contributed by atoms with E-state index in [1.165, 1.54) is 12.1 Å². The van der Waals surface area contributed by atoms with Crippen LogP contribution in [-0.4, -0.2) is 20.9 Å². The molecule has 0 amide bonds. The van der Waals surface area contributed by atoms with Gasteiger partial charge < -0.3 is 9.57 Å². The van der Waals surface area contributed by atoms with Crippen LogP contribution in [0.25, 0.3) is 0 Å². The van der Waals surface area contributed by atoms with Gasteiger partial charge in [0.1, 0.15) is 19.0 Å². The van der Waals surface area contributed by atoms with Crippen molar-refractivity contribution in [3.05, 3.63) is 81.5 Å². The minimum absolute atomic E-state index is 0.0541. The van der Waals surface area contributed by atoms with Crippen LogP contribution in [0.2, 0.25) is 0 Å². The van der Waals surface area contributed by atoms with Gasteiger partial charge in [-0.05, 0) is 54.4 Å². The van der Waals surface area contributed by atoms with Crippen molar-refractivity contribution in [1.29, 1.82) is 0 Å². The lowest BCUT2D eigenvalue weighted by molar-refractivity contribution is -0.137. The quantitative estimate of drug-likeness (QED) is 0.463. The van der Waals surface area contributed by atoms with Crippen molar-refractivity contribution in [1.82, 2.24) is 15.2 Å². The Hall–Kier alpha value is -3.56. The van der Waals surface area contributed by atoms with Gasteiger partial charge in [0, 0.05) is 0 Å². The number of hydrogen-bond donors (Lipinski definition) is 2. The zero-order valence-corrected chi connectivity index (χ0v) is 15.3. The fourth-order valence-corrected chi connectivity index (χ4v) is 2.36. The summed E-state index contributed by atoms with van der Waals surface area (Å²) in [6.45, 7) is 1.91. The summed E-state index contributed by atoms with van der Waals surface area (Å²) in [6, 6.07) is 11.7. The predicted octanol–water partition coefficient (Wildman–Crippen LogP) is 3.64. The molecule has 29 heavy (non-hydrogen) atoms.